The van der Waals surface area contributed by atoms with Gasteiger partial charge in [-0.15, -0.1) is 24.0 Å². The van der Waals surface area contributed by atoms with Crippen molar-refractivity contribution in [3.63, 3.8) is 0 Å². The predicted octanol–water partition coefficient (Wildman–Crippen LogP) is 3.63. The first-order valence-electron chi connectivity index (χ1n) is 9.63. The maximum atomic E-state index is 12.2. The van der Waals surface area contributed by atoms with Gasteiger partial charge in [-0.3, -0.25) is 4.79 Å². The summed E-state index contributed by atoms with van der Waals surface area (Å²) in [7, 11) is 3.93. The molecule has 1 aliphatic rings. The molecule has 6 nitrogen and oxygen atoms in total. The van der Waals surface area contributed by atoms with Gasteiger partial charge in [0.2, 0.25) is 0 Å². The molecule has 1 heterocycles. The number of aliphatic imine (C=N–C) groups is 1. The Hall–Kier alpha value is -2.13. The third kappa shape index (κ3) is 7.32. The van der Waals surface area contributed by atoms with E-state index in [1.165, 1.54) is 5.56 Å². The van der Waals surface area contributed by atoms with E-state index < -0.39 is 0 Å². The molecular formula is C22H29IN4O2. The second-order valence-electron chi connectivity index (χ2n) is 7.06. The van der Waals surface area contributed by atoms with Gasteiger partial charge in [-0.05, 0) is 36.1 Å². The Kier molecular flexibility index (Phi) is 9.40. The van der Waals surface area contributed by atoms with Crippen LogP contribution in [-0.2, 0) is 22.6 Å². The molecule has 156 valence electrons. The van der Waals surface area contributed by atoms with Crippen LogP contribution < -0.4 is 10.6 Å². The molecule has 1 saturated heterocycles. The lowest BCUT2D eigenvalue weighted by Gasteiger charge is -2.18. The quantitative estimate of drug-likeness (QED) is 0.356. The third-order valence-electron chi connectivity index (χ3n) is 4.55. The number of ether oxygens (including phenoxy) is 1. The molecule has 3 rings (SSSR count). The van der Waals surface area contributed by atoms with Crippen LogP contribution in [0.25, 0.3) is 0 Å². The summed E-state index contributed by atoms with van der Waals surface area (Å²) in [4.78, 5) is 18.9. The summed E-state index contributed by atoms with van der Waals surface area (Å²) in [5.41, 5.74) is 3.01. The number of anilines is 1. The second-order valence-corrected chi connectivity index (χ2v) is 7.06. The molecule has 7 heteroatoms. The Morgan fingerprint density at radius 1 is 1.14 bits per heavy atom. The zero-order valence-electron chi connectivity index (χ0n) is 16.9. The molecule has 1 aliphatic heterocycles. The molecule has 1 fully saturated rings. The van der Waals surface area contributed by atoms with Crippen LogP contribution in [0.5, 0.6) is 0 Å². The van der Waals surface area contributed by atoms with Crippen molar-refractivity contribution in [2.24, 2.45) is 4.99 Å². The van der Waals surface area contributed by atoms with E-state index in [0.29, 0.717) is 13.2 Å². The van der Waals surface area contributed by atoms with E-state index in [0.717, 1.165) is 36.6 Å². The Morgan fingerprint density at radius 3 is 2.59 bits per heavy atom. The molecule has 0 saturated carbocycles. The van der Waals surface area contributed by atoms with Crippen molar-refractivity contribution >= 4 is 41.5 Å². The van der Waals surface area contributed by atoms with Crippen molar-refractivity contribution in [1.29, 1.82) is 0 Å². The highest BCUT2D eigenvalue weighted by atomic mass is 127. The van der Waals surface area contributed by atoms with Crippen molar-refractivity contribution in [1.82, 2.24) is 10.2 Å². The molecule has 2 aromatic carbocycles. The lowest BCUT2D eigenvalue weighted by Crippen LogP contribution is -2.36. The summed E-state index contributed by atoms with van der Waals surface area (Å²) in [6.07, 6.45) is 1.40. The zero-order valence-corrected chi connectivity index (χ0v) is 19.3. The molecule has 1 unspecified atom stereocenters. The smallest absolute Gasteiger partial charge is 0.253 e. The number of hydrogen-bond acceptors (Lipinski definition) is 3. The molecule has 2 N–H and O–H groups in total. The molecule has 0 radical (unpaired) electrons. The van der Waals surface area contributed by atoms with Gasteiger partial charge >= 0.3 is 0 Å². The number of carbonyl (C=O) groups is 1. The monoisotopic (exact) mass is 508 g/mol. The molecule has 0 aliphatic carbocycles. The van der Waals surface area contributed by atoms with Crippen LogP contribution in [0, 0.1) is 0 Å². The minimum atomic E-state index is -0.329. The Balaban J connectivity index is 0.00000300. The van der Waals surface area contributed by atoms with Gasteiger partial charge in [0.25, 0.3) is 5.91 Å². The number of nitrogens with one attached hydrogen (secondary N) is 2. The van der Waals surface area contributed by atoms with Crippen molar-refractivity contribution < 1.29 is 9.53 Å². The number of benzene rings is 2. The van der Waals surface area contributed by atoms with Gasteiger partial charge in [-0.2, -0.15) is 0 Å². The first-order valence-corrected chi connectivity index (χ1v) is 9.63. The molecular weight excluding hydrogens is 479 g/mol. The highest BCUT2D eigenvalue weighted by Crippen LogP contribution is 2.16. The van der Waals surface area contributed by atoms with Gasteiger partial charge in [0.1, 0.15) is 6.10 Å². The number of hydrogen-bond donors (Lipinski definition) is 2. The molecule has 0 spiro atoms. The van der Waals surface area contributed by atoms with Crippen LogP contribution in [0.1, 0.15) is 24.0 Å². The lowest BCUT2D eigenvalue weighted by atomic mass is 10.2. The van der Waals surface area contributed by atoms with Crippen LogP contribution in [-0.4, -0.2) is 43.6 Å². The number of halogens is 1. The first-order chi connectivity index (χ1) is 13.6. The van der Waals surface area contributed by atoms with E-state index in [4.69, 9.17) is 9.73 Å². The van der Waals surface area contributed by atoms with Gasteiger partial charge in [-0.1, -0.05) is 42.5 Å². The van der Waals surface area contributed by atoms with Gasteiger partial charge in [0, 0.05) is 32.9 Å². The van der Waals surface area contributed by atoms with Gasteiger partial charge in [0.15, 0.2) is 5.96 Å². The fraction of sp³-hybridized carbons (Fsp3) is 0.364. The van der Waals surface area contributed by atoms with Crippen LogP contribution in [0.15, 0.2) is 59.6 Å². The van der Waals surface area contributed by atoms with E-state index in [1.807, 2.05) is 61.5 Å². The minimum Gasteiger partial charge on any atom is -0.368 e. The maximum Gasteiger partial charge on any atom is 0.253 e. The van der Waals surface area contributed by atoms with Crippen molar-refractivity contribution in [3.05, 3.63) is 65.7 Å². The predicted molar refractivity (Wildman–Crippen MR) is 128 cm³/mol. The highest BCUT2D eigenvalue weighted by molar-refractivity contribution is 14.0. The molecule has 29 heavy (non-hydrogen) atoms. The standard InChI is InChI=1S/C22H28N4O2.HI/c1-26(2)22(23-15-17-8-4-3-5-9-17)24-16-18-10-6-11-19(14-18)25-21(27)20-12-7-13-28-20;/h3-6,8-11,14,20H,7,12-13,15-16H2,1-2H3,(H,23,24)(H,25,27);1H. The molecule has 0 aromatic heterocycles. The Bertz CT molecular complexity index is 805. The maximum absolute atomic E-state index is 12.2. The normalized spacial score (nSPS) is 16.1. The fourth-order valence-corrected chi connectivity index (χ4v) is 3.05. The van der Waals surface area contributed by atoms with Crippen LogP contribution in [0.4, 0.5) is 5.69 Å². The topological polar surface area (TPSA) is 66.0 Å². The first kappa shape index (κ1) is 23.2. The Morgan fingerprint density at radius 2 is 1.90 bits per heavy atom. The van der Waals surface area contributed by atoms with Crippen molar-refractivity contribution in [3.8, 4) is 0 Å². The van der Waals surface area contributed by atoms with Gasteiger partial charge in [0.05, 0.1) is 6.54 Å². The number of guanidine groups is 1. The number of nitrogens with zero attached hydrogens (tertiary/aromatic N) is 2. The van der Waals surface area contributed by atoms with E-state index in [9.17, 15) is 4.79 Å². The second kappa shape index (κ2) is 11.8. The van der Waals surface area contributed by atoms with E-state index in [2.05, 4.69) is 22.8 Å². The number of carbonyl (C=O) groups excluding carboxylic acids is 1. The SMILES string of the molecule is CN(C)C(=NCc1cccc(NC(=O)C2CCCO2)c1)NCc1ccccc1.I. The molecule has 1 atom stereocenters. The van der Waals surface area contributed by atoms with Gasteiger partial charge < -0.3 is 20.3 Å². The van der Waals surface area contributed by atoms with Crippen LogP contribution >= 0.6 is 24.0 Å². The van der Waals surface area contributed by atoms with Crippen LogP contribution in [0.2, 0.25) is 0 Å². The lowest BCUT2D eigenvalue weighted by molar-refractivity contribution is -0.124. The average molecular weight is 508 g/mol. The van der Waals surface area contributed by atoms with E-state index in [-0.39, 0.29) is 36.0 Å². The number of rotatable bonds is 6. The summed E-state index contributed by atoms with van der Waals surface area (Å²) in [6, 6.07) is 18.0. The summed E-state index contributed by atoms with van der Waals surface area (Å²) in [6.45, 7) is 1.91. The molecule has 2 aromatic rings. The van der Waals surface area contributed by atoms with Crippen molar-refractivity contribution in [2.45, 2.75) is 32.0 Å². The third-order valence-corrected chi connectivity index (χ3v) is 4.55. The highest BCUT2D eigenvalue weighted by Gasteiger charge is 2.23. The summed E-state index contributed by atoms with van der Waals surface area (Å²) >= 11 is 0. The van der Waals surface area contributed by atoms with Crippen molar-refractivity contribution in [2.75, 3.05) is 26.0 Å². The fourth-order valence-electron chi connectivity index (χ4n) is 3.05. The summed E-state index contributed by atoms with van der Waals surface area (Å²) < 4.78 is 5.44. The molecule has 1 amide bonds. The zero-order chi connectivity index (χ0) is 19.8. The van der Waals surface area contributed by atoms with E-state index in [1.54, 1.807) is 0 Å². The number of amides is 1. The van der Waals surface area contributed by atoms with E-state index >= 15 is 0 Å². The Labute approximate surface area is 189 Å². The summed E-state index contributed by atoms with van der Waals surface area (Å²) in [5.74, 6) is 0.745. The van der Waals surface area contributed by atoms with Crippen LogP contribution in [0.3, 0.4) is 0 Å². The molecule has 0 bridgehead atoms. The summed E-state index contributed by atoms with van der Waals surface area (Å²) in [5, 5.41) is 6.32. The minimum absolute atomic E-state index is 0. The average Bonchev–Trinajstić information content (AvgIpc) is 3.24. The largest absolute Gasteiger partial charge is 0.368 e. The van der Waals surface area contributed by atoms with Gasteiger partial charge in [-0.25, -0.2) is 4.99 Å².